The van der Waals surface area contributed by atoms with Crippen LogP contribution in [0, 0.1) is 0 Å². The number of hydrogen-bond acceptors (Lipinski definition) is 3. The summed E-state index contributed by atoms with van der Waals surface area (Å²) in [7, 11) is 1.75. The first-order chi connectivity index (χ1) is 7.05. The van der Waals surface area contributed by atoms with Crippen LogP contribution < -0.4 is 10.3 Å². The zero-order valence-electron chi connectivity index (χ0n) is 9.59. The van der Waals surface area contributed by atoms with E-state index in [-0.39, 0.29) is 5.41 Å². The van der Waals surface area contributed by atoms with E-state index in [1.165, 1.54) is 5.56 Å². The van der Waals surface area contributed by atoms with E-state index < -0.39 is 0 Å². The summed E-state index contributed by atoms with van der Waals surface area (Å²) in [5.41, 5.74) is 6.13. The van der Waals surface area contributed by atoms with Gasteiger partial charge in [-0.25, -0.2) is 0 Å². The highest BCUT2D eigenvalue weighted by molar-refractivity contribution is 5.99. The Bertz CT molecular complexity index is 422. The molecule has 15 heavy (non-hydrogen) atoms. The van der Waals surface area contributed by atoms with Crippen LogP contribution in [0.3, 0.4) is 0 Å². The molecule has 0 radical (unpaired) electrons. The second kappa shape index (κ2) is 3.35. The van der Waals surface area contributed by atoms with E-state index in [4.69, 9.17) is 4.84 Å². The Morgan fingerprint density at radius 3 is 2.73 bits per heavy atom. The van der Waals surface area contributed by atoms with Gasteiger partial charge in [-0.15, -0.1) is 0 Å². The molecule has 1 N–H and O–H groups in total. The van der Waals surface area contributed by atoms with Crippen molar-refractivity contribution in [3.8, 4) is 5.75 Å². The molecule has 0 atom stereocenters. The van der Waals surface area contributed by atoms with E-state index in [2.05, 4.69) is 31.2 Å². The van der Waals surface area contributed by atoms with Gasteiger partial charge in [0, 0.05) is 18.2 Å². The Labute approximate surface area is 90.1 Å². The number of hydrogen-bond donors (Lipinski definition) is 1. The summed E-state index contributed by atoms with van der Waals surface area (Å²) >= 11 is 0. The maximum atomic E-state index is 5.26. The molecule has 1 aliphatic rings. The van der Waals surface area contributed by atoms with Crippen LogP contribution in [0.25, 0.3) is 0 Å². The normalized spacial score (nSPS) is 17.2. The van der Waals surface area contributed by atoms with Crippen LogP contribution in [0.15, 0.2) is 23.2 Å². The number of nitrogens with one attached hydrogen (secondary N) is 1. The molecule has 2 rings (SSSR count). The van der Waals surface area contributed by atoms with Crippen LogP contribution in [-0.4, -0.2) is 12.8 Å². The number of aliphatic imine (C=N–C) groups is 1. The highest BCUT2D eigenvalue weighted by Crippen LogP contribution is 2.41. The van der Waals surface area contributed by atoms with Crippen LogP contribution in [-0.2, 0) is 5.41 Å². The molecular weight excluding hydrogens is 188 g/mol. The molecule has 1 aliphatic heterocycles. The third-order valence-electron chi connectivity index (χ3n) is 3.05. The number of hydroxylamine groups is 1. The summed E-state index contributed by atoms with van der Waals surface area (Å²) < 4.78 is 0. The zero-order chi connectivity index (χ0) is 11.1. The van der Waals surface area contributed by atoms with Crippen LogP contribution in [0.4, 0.5) is 5.69 Å². The van der Waals surface area contributed by atoms with E-state index in [1.54, 1.807) is 7.05 Å². The summed E-state index contributed by atoms with van der Waals surface area (Å²) in [6.45, 7) is 6.43. The quantitative estimate of drug-likeness (QED) is 0.751. The van der Waals surface area contributed by atoms with Gasteiger partial charge in [-0.2, -0.15) is 5.48 Å². The van der Waals surface area contributed by atoms with Crippen LogP contribution in [0.1, 0.15) is 26.3 Å². The van der Waals surface area contributed by atoms with Gasteiger partial charge in [0.1, 0.15) is 5.75 Å². The van der Waals surface area contributed by atoms with Crippen molar-refractivity contribution >= 4 is 11.4 Å². The lowest BCUT2D eigenvalue weighted by atomic mass is 9.82. The molecule has 3 heteroatoms. The van der Waals surface area contributed by atoms with Crippen molar-refractivity contribution in [1.82, 2.24) is 5.48 Å². The molecule has 0 bridgehead atoms. The average Bonchev–Trinajstić information content (AvgIpc) is 2.40. The minimum Gasteiger partial charge on any atom is -0.409 e. The molecule has 1 aromatic carbocycles. The fourth-order valence-corrected chi connectivity index (χ4v) is 1.81. The van der Waals surface area contributed by atoms with Gasteiger partial charge in [-0.3, -0.25) is 4.99 Å². The highest BCUT2D eigenvalue weighted by atomic mass is 16.6. The number of benzene rings is 1. The number of fused-ring (bicyclic) bond motifs is 1. The second-order valence-electron chi connectivity index (χ2n) is 4.31. The van der Waals surface area contributed by atoms with Crippen LogP contribution >= 0.6 is 0 Å². The Kier molecular flexibility index (Phi) is 2.27. The first-order valence-electron chi connectivity index (χ1n) is 5.09. The molecule has 0 aliphatic carbocycles. The molecule has 0 spiro atoms. The van der Waals surface area contributed by atoms with Crippen molar-refractivity contribution in [2.24, 2.45) is 4.99 Å². The largest absolute Gasteiger partial charge is 0.409 e. The number of rotatable bonds is 2. The molecule has 1 aromatic rings. The number of nitrogens with zero attached hydrogens (tertiary/aromatic N) is 1. The van der Waals surface area contributed by atoms with Crippen molar-refractivity contribution in [2.75, 3.05) is 7.05 Å². The monoisotopic (exact) mass is 204 g/mol. The van der Waals surface area contributed by atoms with Gasteiger partial charge in [0.25, 0.3) is 0 Å². The Morgan fingerprint density at radius 1 is 1.33 bits per heavy atom. The minimum absolute atomic E-state index is 0.0163. The van der Waals surface area contributed by atoms with Crippen LogP contribution in [0.2, 0.25) is 0 Å². The van der Waals surface area contributed by atoms with E-state index >= 15 is 0 Å². The summed E-state index contributed by atoms with van der Waals surface area (Å²) in [4.78, 5) is 9.81. The third kappa shape index (κ3) is 1.53. The first kappa shape index (κ1) is 10.2. The molecule has 0 aromatic heterocycles. The van der Waals surface area contributed by atoms with E-state index in [9.17, 15) is 0 Å². The Morgan fingerprint density at radius 2 is 2.07 bits per heavy atom. The van der Waals surface area contributed by atoms with Gasteiger partial charge >= 0.3 is 0 Å². The SMILES string of the molecule is CNOc1ccc2c(c1)C(C)(C)C(C)=N2. The lowest BCUT2D eigenvalue weighted by Gasteiger charge is -2.20. The van der Waals surface area contributed by atoms with Crippen molar-refractivity contribution in [3.05, 3.63) is 23.8 Å². The average molecular weight is 204 g/mol. The molecule has 80 valence electrons. The van der Waals surface area contributed by atoms with Gasteiger partial charge in [0.2, 0.25) is 0 Å². The minimum atomic E-state index is 0.0163. The topological polar surface area (TPSA) is 33.6 Å². The molecule has 0 saturated heterocycles. The standard InChI is InChI=1S/C12H16N2O/c1-8-12(2,3)10-7-9(15-13-4)5-6-11(10)14-8/h5-7,13H,1-4H3. The molecular formula is C12H16N2O. The van der Waals surface area contributed by atoms with E-state index in [0.29, 0.717) is 0 Å². The van der Waals surface area contributed by atoms with Gasteiger partial charge in [0.15, 0.2) is 0 Å². The van der Waals surface area contributed by atoms with Crippen molar-refractivity contribution < 1.29 is 4.84 Å². The Balaban J connectivity index is 2.46. The lowest BCUT2D eigenvalue weighted by molar-refractivity contribution is 0.223. The maximum absolute atomic E-state index is 5.26. The second-order valence-corrected chi connectivity index (χ2v) is 4.31. The van der Waals surface area contributed by atoms with Crippen molar-refractivity contribution in [3.63, 3.8) is 0 Å². The first-order valence-corrected chi connectivity index (χ1v) is 5.09. The van der Waals surface area contributed by atoms with E-state index in [0.717, 1.165) is 17.1 Å². The van der Waals surface area contributed by atoms with Gasteiger partial charge in [0.05, 0.1) is 5.69 Å². The smallest absolute Gasteiger partial charge is 0.147 e. The summed E-state index contributed by atoms with van der Waals surface area (Å²) in [5.74, 6) is 0.828. The molecule has 0 fully saturated rings. The molecule has 0 unspecified atom stereocenters. The Hall–Kier alpha value is -1.35. The zero-order valence-corrected chi connectivity index (χ0v) is 9.59. The molecule has 0 amide bonds. The maximum Gasteiger partial charge on any atom is 0.147 e. The van der Waals surface area contributed by atoms with Crippen molar-refractivity contribution in [1.29, 1.82) is 0 Å². The highest BCUT2D eigenvalue weighted by Gasteiger charge is 2.32. The summed E-state index contributed by atoms with van der Waals surface area (Å²) in [6.07, 6.45) is 0. The fraction of sp³-hybridized carbons (Fsp3) is 0.417. The molecule has 0 saturated carbocycles. The summed E-state index contributed by atoms with van der Waals surface area (Å²) in [5, 5.41) is 0. The van der Waals surface area contributed by atoms with Crippen LogP contribution in [0.5, 0.6) is 5.75 Å². The predicted molar refractivity (Wildman–Crippen MR) is 61.9 cm³/mol. The van der Waals surface area contributed by atoms with Gasteiger partial charge < -0.3 is 4.84 Å². The predicted octanol–water partition coefficient (Wildman–Crippen LogP) is 2.58. The summed E-state index contributed by atoms with van der Waals surface area (Å²) in [6, 6.07) is 5.97. The lowest BCUT2D eigenvalue weighted by Crippen LogP contribution is -2.22. The van der Waals surface area contributed by atoms with Gasteiger partial charge in [-0.1, -0.05) is 13.8 Å². The fourth-order valence-electron chi connectivity index (χ4n) is 1.81. The van der Waals surface area contributed by atoms with Crippen molar-refractivity contribution in [2.45, 2.75) is 26.2 Å². The molecule has 3 nitrogen and oxygen atoms in total. The molecule has 1 heterocycles. The van der Waals surface area contributed by atoms with Gasteiger partial charge in [-0.05, 0) is 30.7 Å². The van der Waals surface area contributed by atoms with E-state index in [1.807, 2.05) is 18.2 Å². The third-order valence-corrected chi connectivity index (χ3v) is 3.05.